The maximum atomic E-state index is 4.36. The van der Waals surface area contributed by atoms with E-state index in [0.29, 0.717) is 0 Å². The topological polar surface area (TPSA) is 55.6 Å². The summed E-state index contributed by atoms with van der Waals surface area (Å²) in [6, 6.07) is 0.158. The molecule has 1 N–H and O–H groups in total. The van der Waals surface area contributed by atoms with E-state index in [1.54, 1.807) is 0 Å². The fourth-order valence-corrected chi connectivity index (χ4v) is 2.38. The van der Waals surface area contributed by atoms with Crippen LogP contribution in [-0.2, 0) is 6.54 Å². The van der Waals surface area contributed by atoms with E-state index in [1.165, 1.54) is 17.1 Å². The van der Waals surface area contributed by atoms with E-state index in [-0.39, 0.29) is 6.04 Å². The van der Waals surface area contributed by atoms with Gasteiger partial charge in [-0.3, -0.25) is 4.68 Å². The van der Waals surface area contributed by atoms with E-state index in [9.17, 15) is 0 Å². The number of nitrogens with one attached hydrogen (secondary N) is 1. The van der Waals surface area contributed by atoms with Crippen LogP contribution < -0.4 is 5.32 Å². The number of hydrogen-bond donors (Lipinski definition) is 1. The summed E-state index contributed by atoms with van der Waals surface area (Å²) in [4.78, 5) is 1.13. The summed E-state index contributed by atoms with van der Waals surface area (Å²) in [5.74, 6) is 0. The highest BCUT2D eigenvalue weighted by atomic mass is 32.1. The van der Waals surface area contributed by atoms with Crippen LogP contribution in [-0.4, -0.2) is 25.9 Å². The Labute approximate surface area is 105 Å². The molecule has 5 nitrogen and oxygen atoms in total. The van der Waals surface area contributed by atoms with Crippen LogP contribution in [0, 0.1) is 0 Å². The Balaban J connectivity index is 2.20. The quantitative estimate of drug-likeness (QED) is 0.851. The predicted molar refractivity (Wildman–Crippen MR) is 67.9 cm³/mol. The van der Waals surface area contributed by atoms with Crippen molar-refractivity contribution in [1.29, 1.82) is 0 Å². The maximum Gasteiger partial charge on any atom is 0.0734 e. The molecule has 0 aliphatic rings. The first-order chi connectivity index (χ1) is 8.35. The number of hydrogen-bond acceptors (Lipinski definition) is 5. The molecule has 0 radical (unpaired) electrons. The molecule has 0 aromatic carbocycles. The molecule has 6 heteroatoms. The molecule has 0 aliphatic carbocycles. The van der Waals surface area contributed by atoms with Crippen LogP contribution in [0.3, 0.4) is 0 Å². The van der Waals surface area contributed by atoms with Gasteiger partial charge >= 0.3 is 0 Å². The lowest BCUT2D eigenvalue weighted by molar-refractivity contribution is 0.598. The normalized spacial score (nSPS) is 12.8. The van der Waals surface area contributed by atoms with Crippen LogP contribution in [0.5, 0.6) is 0 Å². The molecule has 0 bridgehead atoms. The van der Waals surface area contributed by atoms with Crippen LogP contribution in [0.2, 0.25) is 0 Å². The summed E-state index contributed by atoms with van der Waals surface area (Å²) in [6.07, 6.45) is 6.92. The molecule has 1 atom stereocenters. The zero-order valence-corrected chi connectivity index (χ0v) is 10.9. The Bertz CT molecular complexity index is 436. The lowest BCUT2D eigenvalue weighted by Gasteiger charge is -2.13. The van der Waals surface area contributed by atoms with E-state index >= 15 is 0 Å². The van der Waals surface area contributed by atoms with Crippen molar-refractivity contribution >= 4 is 11.5 Å². The van der Waals surface area contributed by atoms with E-state index in [2.05, 4.69) is 40.0 Å². The third-order valence-corrected chi connectivity index (χ3v) is 3.24. The first-order valence-electron chi connectivity index (χ1n) is 5.88. The fraction of sp³-hybridized carbons (Fsp3) is 0.545. The molecule has 0 amide bonds. The van der Waals surface area contributed by atoms with E-state index < -0.39 is 0 Å². The van der Waals surface area contributed by atoms with Crippen molar-refractivity contribution in [3.05, 3.63) is 29.0 Å². The molecule has 0 aliphatic heterocycles. The van der Waals surface area contributed by atoms with Gasteiger partial charge in [0.1, 0.15) is 0 Å². The Morgan fingerprint density at radius 2 is 2.29 bits per heavy atom. The van der Waals surface area contributed by atoms with Crippen molar-refractivity contribution in [2.75, 3.05) is 6.54 Å². The Morgan fingerprint density at radius 3 is 2.94 bits per heavy atom. The fourth-order valence-electron chi connectivity index (χ4n) is 1.77. The van der Waals surface area contributed by atoms with Crippen molar-refractivity contribution in [1.82, 2.24) is 24.7 Å². The predicted octanol–water partition coefficient (Wildman–Crippen LogP) is 1.84. The monoisotopic (exact) mass is 251 g/mol. The third-order valence-electron chi connectivity index (χ3n) is 2.51. The number of nitrogens with zero attached hydrogens (tertiary/aromatic N) is 4. The summed E-state index contributed by atoms with van der Waals surface area (Å²) in [5.41, 5.74) is 1.17. The standard InChI is InChI=1S/C11H17N5S/c1-3-5-16-8-9(6-14-16)11(12-4-2)10-7-13-15-17-10/h6-8,11-12H,3-5H2,1-2H3. The second kappa shape index (κ2) is 5.88. The molecule has 0 fully saturated rings. The zero-order chi connectivity index (χ0) is 12.1. The Morgan fingerprint density at radius 1 is 1.41 bits per heavy atom. The van der Waals surface area contributed by atoms with Crippen LogP contribution >= 0.6 is 11.5 Å². The van der Waals surface area contributed by atoms with Crippen LogP contribution in [0.25, 0.3) is 0 Å². The second-order valence-corrected chi connectivity index (χ2v) is 4.66. The van der Waals surface area contributed by atoms with Gasteiger partial charge in [-0.1, -0.05) is 18.3 Å². The van der Waals surface area contributed by atoms with E-state index in [1.807, 2.05) is 17.1 Å². The molecule has 92 valence electrons. The van der Waals surface area contributed by atoms with Gasteiger partial charge in [-0.2, -0.15) is 5.10 Å². The molecule has 0 saturated carbocycles. The summed E-state index contributed by atoms with van der Waals surface area (Å²) in [7, 11) is 0. The van der Waals surface area contributed by atoms with Crippen LogP contribution in [0.4, 0.5) is 0 Å². The van der Waals surface area contributed by atoms with Crippen molar-refractivity contribution < 1.29 is 0 Å². The number of rotatable bonds is 6. The van der Waals surface area contributed by atoms with Gasteiger partial charge in [0.05, 0.1) is 23.3 Å². The molecule has 2 aromatic heterocycles. The molecule has 2 heterocycles. The molecule has 1 unspecified atom stereocenters. The molecule has 0 spiro atoms. The van der Waals surface area contributed by atoms with Crippen molar-refractivity contribution in [2.45, 2.75) is 32.9 Å². The largest absolute Gasteiger partial charge is 0.306 e. The van der Waals surface area contributed by atoms with Gasteiger partial charge in [0.2, 0.25) is 0 Å². The van der Waals surface area contributed by atoms with Gasteiger partial charge in [0.15, 0.2) is 0 Å². The number of aryl methyl sites for hydroxylation is 1. The highest BCUT2D eigenvalue weighted by Gasteiger charge is 2.16. The first-order valence-corrected chi connectivity index (χ1v) is 6.65. The average molecular weight is 251 g/mol. The minimum absolute atomic E-state index is 0.158. The van der Waals surface area contributed by atoms with Gasteiger partial charge in [0.25, 0.3) is 0 Å². The Kier molecular flexibility index (Phi) is 4.22. The van der Waals surface area contributed by atoms with Crippen molar-refractivity contribution in [2.24, 2.45) is 0 Å². The average Bonchev–Trinajstić information content (AvgIpc) is 2.97. The number of aromatic nitrogens is 4. The first kappa shape index (κ1) is 12.2. The van der Waals surface area contributed by atoms with Crippen LogP contribution in [0.1, 0.15) is 36.8 Å². The molecular weight excluding hydrogens is 234 g/mol. The van der Waals surface area contributed by atoms with Gasteiger partial charge in [-0.05, 0) is 24.5 Å². The highest BCUT2D eigenvalue weighted by Crippen LogP contribution is 2.23. The minimum atomic E-state index is 0.158. The van der Waals surface area contributed by atoms with E-state index in [0.717, 1.165) is 24.4 Å². The Hall–Kier alpha value is -1.27. The highest BCUT2D eigenvalue weighted by molar-refractivity contribution is 7.05. The summed E-state index contributed by atoms with van der Waals surface area (Å²) >= 11 is 1.43. The van der Waals surface area contributed by atoms with Gasteiger partial charge in [-0.25, -0.2) is 0 Å². The van der Waals surface area contributed by atoms with Crippen LogP contribution in [0.15, 0.2) is 18.6 Å². The lowest BCUT2D eigenvalue weighted by Crippen LogP contribution is -2.20. The maximum absolute atomic E-state index is 4.36. The summed E-state index contributed by atoms with van der Waals surface area (Å²) < 4.78 is 5.90. The molecule has 2 rings (SSSR count). The smallest absolute Gasteiger partial charge is 0.0734 e. The van der Waals surface area contributed by atoms with Crippen molar-refractivity contribution in [3.8, 4) is 0 Å². The SMILES string of the molecule is CCCn1cc(C(NCC)c2cnns2)cn1. The second-order valence-electron chi connectivity index (χ2n) is 3.85. The molecular formula is C11H17N5S. The van der Waals surface area contributed by atoms with Gasteiger partial charge < -0.3 is 5.32 Å². The van der Waals surface area contributed by atoms with E-state index in [4.69, 9.17) is 0 Å². The van der Waals surface area contributed by atoms with Crippen molar-refractivity contribution in [3.63, 3.8) is 0 Å². The third kappa shape index (κ3) is 2.89. The molecule has 0 saturated heterocycles. The summed E-state index contributed by atoms with van der Waals surface area (Å²) in [5, 5.41) is 11.7. The minimum Gasteiger partial charge on any atom is -0.306 e. The summed E-state index contributed by atoms with van der Waals surface area (Å²) in [6.45, 7) is 6.11. The zero-order valence-electron chi connectivity index (χ0n) is 10.1. The van der Waals surface area contributed by atoms with Gasteiger partial charge in [0, 0.05) is 18.3 Å². The van der Waals surface area contributed by atoms with Gasteiger partial charge in [-0.15, -0.1) is 5.10 Å². The molecule has 2 aromatic rings. The molecule has 17 heavy (non-hydrogen) atoms. The lowest BCUT2D eigenvalue weighted by atomic mass is 10.1.